The summed E-state index contributed by atoms with van der Waals surface area (Å²) in [5, 5.41) is 2.71. The zero-order valence-electron chi connectivity index (χ0n) is 17.2. The Balaban J connectivity index is 1.73. The van der Waals surface area contributed by atoms with Gasteiger partial charge in [-0.1, -0.05) is 43.4 Å². The van der Waals surface area contributed by atoms with E-state index in [1.165, 1.54) is 24.3 Å². The second-order valence-electron chi connectivity index (χ2n) is 7.38. The lowest BCUT2D eigenvalue weighted by Gasteiger charge is -2.10. The van der Waals surface area contributed by atoms with Crippen molar-refractivity contribution >= 4 is 22.4 Å². The van der Waals surface area contributed by atoms with E-state index in [0.29, 0.717) is 24.2 Å². The van der Waals surface area contributed by atoms with Crippen LogP contribution in [0.5, 0.6) is 0 Å². The Morgan fingerprint density at radius 1 is 1.09 bits per heavy atom. The summed E-state index contributed by atoms with van der Waals surface area (Å²) in [7, 11) is 0. The Labute approximate surface area is 185 Å². The number of rotatable bonds is 4. The number of carbonyl (C=O) groups is 1. The fourth-order valence-corrected chi connectivity index (χ4v) is 3.64. The van der Waals surface area contributed by atoms with E-state index in [9.17, 15) is 26.7 Å². The molecule has 2 heterocycles. The molecule has 0 bridgehead atoms. The van der Waals surface area contributed by atoms with Crippen LogP contribution in [0.2, 0.25) is 0 Å². The first-order chi connectivity index (χ1) is 15.7. The van der Waals surface area contributed by atoms with Gasteiger partial charge in [0, 0.05) is 16.6 Å². The molecule has 0 fully saturated rings. The Morgan fingerprint density at radius 2 is 1.79 bits per heavy atom. The van der Waals surface area contributed by atoms with Crippen molar-refractivity contribution in [3.05, 3.63) is 95.2 Å². The van der Waals surface area contributed by atoms with Gasteiger partial charge in [0.15, 0.2) is 11.6 Å². The number of amides is 1. The van der Waals surface area contributed by atoms with Crippen LogP contribution in [0.25, 0.3) is 16.5 Å². The van der Waals surface area contributed by atoms with Crippen LogP contribution in [-0.2, 0) is 6.18 Å². The Kier molecular flexibility index (Phi) is 5.88. The number of halogens is 5. The van der Waals surface area contributed by atoms with Crippen LogP contribution in [-0.4, -0.2) is 10.9 Å². The lowest BCUT2D eigenvalue weighted by Crippen LogP contribution is -2.24. The first-order valence-electron chi connectivity index (χ1n) is 10.00. The second-order valence-corrected chi connectivity index (χ2v) is 7.38. The average molecular weight is 460 g/mol. The number of pyridine rings is 1. The molecule has 0 spiro atoms. The first-order valence-corrected chi connectivity index (χ1v) is 10.00. The molecule has 3 aromatic rings. The van der Waals surface area contributed by atoms with Crippen molar-refractivity contribution in [1.29, 1.82) is 0 Å². The molecule has 0 saturated heterocycles. The maximum absolute atomic E-state index is 13.9. The van der Waals surface area contributed by atoms with Crippen LogP contribution >= 0.6 is 0 Å². The zero-order valence-corrected chi connectivity index (χ0v) is 17.2. The molecule has 9 heteroatoms. The van der Waals surface area contributed by atoms with Gasteiger partial charge in [0.25, 0.3) is 5.91 Å². The van der Waals surface area contributed by atoms with Gasteiger partial charge >= 0.3 is 6.18 Å². The van der Waals surface area contributed by atoms with Gasteiger partial charge in [-0.15, -0.1) is 0 Å². The maximum Gasteiger partial charge on any atom is 0.450 e. The normalized spacial score (nSPS) is 16.4. The number of hydrogen-bond acceptors (Lipinski definition) is 3. The number of para-hydroxylation sites is 1. The van der Waals surface area contributed by atoms with Crippen LogP contribution in [0, 0.1) is 17.6 Å². The highest BCUT2D eigenvalue weighted by atomic mass is 19.4. The maximum atomic E-state index is 13.9. The monoisotopic (exact) mass is 460 g/mol. The minimum atomic E-state index is -4.72. The highest BCUT2D eigenvalue weighted by Crippen LogP contribution is 2.42. The first kappa shape index (κ1) is 22.4. The molecular weight excluding hydrogens is 443 g/mol. The molecular formula is C24H17F5N2O2. The van der Waals surface area contributed by atoms with E-state index in [1.54, 1.807) is 24.3 Å². The third-order valence-corrected chi connectivity index (χ3v) is 5.18. The molecule has 1 atom stereocenters. The van der Waals surface area contributed by atoms with Gasteiger partial charge in [0.05, 0.1) is 12.4 Å². The standard InChI is InChI=1S/C24H17F5N2O2/c1-2-13-9-14(20-16-5-3-4-6-19(16)33-22(20)24(27,28)29)7-8-15(10-13)31-23(32)21-17(25)11-30-12-18(21)26/h3-13H,2H2,1H3,(H,31,32). The number of alkyl halides is 3. The largest absolute Gasteiger partial charge is 0.451 e. The smallest absolute Gasteiger partial charge is 0.450 e. The number of furan rings is 1. The number of allylic oxidation sites excluding steroid dienone is 5. The summed E-state index contributed by atoms with van der Waals surface area (Å²) in [6, 6.07) is 6.18. The summed E-state index contributed by atoms with van der Waals surface area (Å²) in [5.41, 5.74) is -0.377. The minimum Gasteiger partial charge on any atom is -0.451 e. The molecule has 1 N–H and O–H groups in total. The van der Waals surface area contributed by atoms with E-state index in [2.05, 4.69) is 10.3 Å². The van der Waals surface area contributed by atoms with Gasteiger partial charge in [-0.2, -0.15) is 13.2 Å². The molecule has 1 aliphatic rings. The molecule has 4 rings (SSSR count). The summed E-state index contributed by atoms with van der Waals surface area (Å²) in [4.78, 5) is 15.8. The third-order valence-electron chi connectivity index (χ3n) is 5.18. The number of fused-ring (bicyclic) bond motifs is 1. The number of nitrogens with one attached hydrogen (secondary N) is 1. The number of hydrogen-bond donors (Lipinski definition) is 1. The molecule has 1 aromatic carbocycles. The molecule has 1 unspecified atom stereocenters. The number of aromatic nitrogens is 1. The quantitative estimate of drug-likeness (QED) is 0.457. The van der Waals surface area contributed by atoms with Gasteiger partial charge in [0.1, 0.15) is 11.1 Å². The summed E-state index contributed by atoms with van der Waals surface area (Å²) in [6.07, 6.45) is 3.24. The second kappa shape index (κ2) is 8.65. The fraction of sp³-hybridized carbons (Fsp3) is 0.167. The van der Waals surface area contributed by atoms with Crippen molar-refractivity contribution in [3.63, 3.8) is 0 Å². The van der Waals surface area contributed by atoms with Gasteiger partial charge in [0.2, 0.25) is 5.76 Å². The molecule has 33 heavy (non-hydrogen) atoms. The van der Waals surface area contributed by atoms with Crippen LogP contribution in [0.15, 0.2) is 71.1 Å². The van der Waals surface area contributed by atoms with Gasteiger partial charge < -0.3 is 9.73 Å². The van der Waals surface area contributed by atoms with E-state index in [0.717, 1.165) is 0 Å². The molecule has 0 radical (unpaired) electrons. The van der Waals surface area contributed by atoms with Crippen molar-refractivity contribution in [2.75, 3.05) is 0 Å². The van der Waals surface area contributed by atoms with Crippen molar-refractivity contribution in [1.82, 2.24) is 10.3 Å². The molecule has 1 amide bonds. The third kappa shape index (κ3) is 4.44. The van der Waals surface area contributed by atoms with E-state index >= 15 is 0 Å². The average Bonchev–Trinajstić information content (AvgIpc) is 3.04. The van der Waals surface area contributed by atoms with Crippen LogP contribution in [0.4, 0.5) is 22.0 Å². The summed E-state index contributed by atoms with van der Waals surface area (Å²) in [5.74, 6) is -4.78. The number of nitrogens with zero attached hydrogens (tertiary/aromatic N) is 1. The molecule has 2 aromatic heterocycles. The molecule has 170 valence electrons. The molecule has 4 nitrogen and oxygen atoms in total. The number of carbonyl (C=O) groups excluding carboxylic acids is 1. The van der Waals surface area contributed by atoms with Crippen LogP contribution in [0.1, 0.15) is 35.0 Å². The molecule has 0 aliphatic heterocycles. The fourth-order valence-electron chi connectivity index (χ4n) is 3.64. The summed E-state index contributed by atoms with van der Waals surface area (Å²) >= 11 is 0. The zero-order chi connectivity index (χ0) is 23.8. The Hall–Kier alpha value is -3.75. The highest BCUT2D eigenvalue weighted by Gasteiger charge is 2.40. The SMILES string of the molecule is CCC1C=C(NC(=O)c2c(F)cncc2F)C=CC(c2c(C(F)(F)F)oc3ccccc23)=C1. The van der Waals surface area contributed by atoms with E-state index in [4.69, 9.17) is 4.42 Å². The van der Waals surface area contributed by atoms with Gasteiger partial charge in [-0.25, -0.2) is 8.78 Å². The van der Waals surface area contributed by atoms with Crippen molar-refractivity contribution in [2.24, 2.45) is 5.92 Å². The van der Waals surface area contributed by atoms with Crippen molar-refractivity contribution < 1.29 is 31.2 Å². The van der Waals surface area contributed by atoms with Crippen molar-refractivity contribution in [3.8, 4) is 0 Å². The van der Waals surface area contributed by atoms with Crippen molar-refractivity contribution in [2.45, 2.75) is 19.5 Å². The molecule has 0 saturated carbocycles. The van der Waals surface area contributed by atoms with Crippen LogP contribution < -0.4 is 5.32 Å². The van der Waals surface area contributed by atoms with Gasteiger partial charge in [-0.3, -0.25) is 9.78 Å². The summed E-state index contributed by atoms with van der Waals surface area (Å²) < 4.78 is 74.2. The molecule has 1 aliphatic carbocycles. The lowest BCUT2D eigenvalue weighted by molar-refractivity contribution is -0.152. The predicted octanol–water partition coefficient (Wildman–Crippen LogP) is 6.42. The number of benzene rings is 1. The lowest BCUT2D eigenvalue weighted by atomic mass is 9.96. The van der Waals surface area contributed by atoms with E-state index in [1.807, 2.05) is 6.92 Å². The Bertz CT molecular complexity index is 1300. The highest BCUT2D eigenvalue weighted by molar-refractivity contribution is 5.97. The van der Waals surface area contributed by atoms with E-state index < -0.39 is 35.0 Å². The van der Waals surface area contributed by atoms with Gasteiger partial charge in [-0.05, 0) is 30.1 Å². The predicted molar refractivity (Wildman–Crippen MR) is 112 cm³/mol. The van der Waals surface area contributed by atoms with E-state index in [-0.39, 0.29) is 28.3 Å². The Morgan fingerprint density at radius 3 is 2.45 bits per heavy atom. The minimum absolute atomic E-state index is 0.0940. The topological polar surface area (TPSA) is 55.1 Å². The summed E-state index contributed by atoms with van der Waals surface area (Å²) in [6.45, 7) is 1.82. The van der Waals surface area contributed by atoms with Crippen LogP contribution in [0.3, 0.4) is 0 Å².